The van der Waals surface area contributed by atoms with E-state index in [1.807, 2.05) is 13.0 Å². The molecule has 18 heavy (non-hydrogen) atoms. The molecule has 0 aliphatic carbocycles. The van der Waals surface area contributed by atoms with Crippen molar-refractivity contribution < 1.29 is 0 Å². The van der Waals surface area contributed by atoms with Crippen LogP contribution in [0.1, 0.15) is 12.7 Å². The number of rotatable bonds is 3. The van der Waals surface area contributed by atoms with Crippen molar-refractivity contribution in [2.24, 2.45) is 0 Å². The minimum absolute atomic E-state index is 0.476. The summed E-state index contributed by atoms with van der Waals surface area (Å²) in [5, 5.41) is 1.87. The van der Waals surface area contributed by atoms with Crippen molar-refractivity contribution in [3.8, 4) is 0 Å². The fourth-order valence-corrected chi connectivity index (χ4v) is 2.61. The van der Waals surface area contributed by atoms with Gasteiger partial charge in [0.1, 0.15) is 16.7 Å². The van der Waals surface area contributed by atoms with Gasteiger partial charge in [-0.05, 0) is 18.2 Å². The van der Waals surface area contributed by atoms with Crippen LogP contribution < -0.4 is 5.73 Å². The van der Waals surface area contributed by atoms with E-state index in [9.17, 15) is 0 Å². The highest BCUT2D eigenvalue weighted by atomic mass is 35.5. The highest BCUT2D eigenvalue weighted by Gasteiger charge is 2.05. The number of aromatic nitrogens is 2. The van der Waals surface area contributed by atoms with Crippen LogP contribution in [-0.4, -0.2) is 9.97 Å². The first kappa shape index (κ1) is 13.5. The zero-order chi connectivity index (χ0) is 13.1. The molecule has 0 aliphatic heterocycles. The van der Waals surface area contributed by atoms with E-state index in [4.69, 9.17) is 28.9 Å². The summed E-state index contributed by atoms with van der Waals surface area (Å²) in [6, 6.07) is 7.20. The molecular formula is C12H11Cl2N3S. The van der Waals surface area contributed by atoms with E-state index in [0.717, 1.165) is 22.2 Å². The molecular weight excluding hydrogens is 289 g/mol. The summed E-state index contributed by atoms with van der Waals surface area (Å²) in [7, 11) is 0. The van der Waals surface area contributed by atoms with E-state index in [0.29, 0.717) is 15.9 Å². The Morgan fingerprint density at radius 3 is 2.61 bits per heavy atom. The monoisotopic (exact) mass is 299 g/mol. The zero-order valence-electron chi connectivity index (χ0n) is 9.65. The number of nitrogens with two attached hydrogens (primary N) is 1. The molecule has 0 amide bonds. The van der Waals surface area contributed by atoms with Crippen molar-refractivity contribution in [3.05, 3.63) is 40.1 Å². The van der Waals surface area contributed by atoms with Gasteiger partial charge in [-0.2, -0.15) is 0 Å². The Morgan fingerprint density at radius 2 is 1.94 bits per heavy atom. The summed E-state index contributed by atoms with van der Waals surface area (Å²) in [4.78, 5) is 9.49. The van der Waals surface area contributed by atoms with Crippen molar-refractivity contribution in [2.45, 2.75) is 23.3 Å². The van der Waals surface area contributed by atoms with Crippen molar-refractivity contribution in [2.75, 3.05) is 5.73 Å². The molecule has 1 aromatic heterocycles. The lowest BCUT2D eigenvalue weighted by atomic mass is 10.4. The molecule has 0 aliphatic rings. The number of hydrogen-bond donors (Lipinski definition) is 1. The molecule has 2 aromatic rings. The first-order valence-electron chi connectivity index (χ1n) is 5.35. The van der Waals surface area contributed by atoms with Crippen LogP contribution in [0.4, 0.5) is 5.82 Å². The molecule has 2 N–H and O–H groups in total. The van der Waals surface area contributed by atoms with Gasteiger partial charge in [-0.3, -0.25) is 0 Å². The largest absolute Gasteiger partial charge is 0.384 e. The summed E-state index contributed by atoms with van der Waals surface area (Å²) in [6.07, 6.45) is 0.750. The standard InChI is InChI=1S/C12H11Cl2N3S/c1-2-11-16-10(15)6-12(17-11)18-7-3-4-8(13)9(14)5-7/h3-6H,2H2,1H3,(H2,15,16,17). The molecule has 1 aromatic carbocycles. The lowest BCUT2D eigenvalue weighted by molar-refractivity contribution is 0.894. The molecule has 0 spiro atoms. The van der Waals surface area contributed by atoms with Crippen molar-refractivity contribution in [1.82, 2.24) is 9.97 Å². The van der Waals surface area contributed by atoms with Gasteiger partial charge in [0.2, 0.25) is 0 Å². The number of nitrogen functional groups attached to an aromatic ring is 1. The van der Waals surface area contributed by atoms with Gasteiger partial charge in [-0.1, -0.05) is 41.9 Å². The Labute approximate surface area is 120 Å². The Hall–Kier alpha value is -0.970. The van der Waals surface area contributed by atoms with Crippen LogP contribution in [0.2, 0.25) is 10.0 Å². The Morgan fingerprint density at radius 1 is 1.17 bits per heavy atom. The minimum Gasteiger partial charge on any atom is -0.384 e. The van der Waals surface area contributed by atoms with E-state index in [1.54, 1.807) is 18.2 Å². The van der Waals surface area contributed by atoms with Gasteiger partial charge in [-0.25, -0.2) is 9.97 Å². The number of benzene rings is 1. The molecule has 94 valence electrons. The number of hydrogen-bond acceptors (Lipinski definition) is 4. The predicted molar refractivity (Wildman–Crippen MR) is 76.4 cm³/mol. The second-order valence-electron chi connectivity index (χ2n) is 3.58. The van der Waals surface area contributed by atoms with E-state index in [1.165, 1.54) is 11.8 Å². The maximum absolute atomic E-state index is 5.97. The molecule has 0 unspecified atom stereocenters. The third-order valence-corrected chi connectivity index (χ3v) is 3.85. The van der Waals surface area contributed by atoms with Crippen molar-refractivity contribution in [3.63, 3.8) is 0 Å². The molecule has 2 rings (SSSR count). The van der Waals surface area contributed by atoms with Gasteiger partial charge in [0, 0.05) is 17.4 Å². The van der Waals surface area contributed by atoms with Gasteiger partial charge < -0.3 is 5.73 Å². The first-order chi connectivity index (χ1) is 8.58. The first-order valence-corrected chi connectivity index (χ1v) is 6.92. The van der Waals surface area contributed by atoms with Crippen LogP contribution in [0, 0.1) is 0 Å². The van der Waals surface area contributed by atoms with E-state index in [-0.39, 0.29) is 0 Å². The quantitative estimate of drug-likeness (QED) is 0.868. The predicted octanol–water partition coefficient (Wildman–Crippen LogP) is 4.08. The van der Waals surface area contributed by atoms with Gasteiger partial charge >= 0.3 is 0 Å². The fraction of sp³-hybridized carbons (Fsp3) is 0.167. The highest BCUT2D eigenvalue weighted by molar-refractivity contribution is 7.99. The van der Waals surface area contributed by atoms with Crippen LogP contribution in [-0.2, 0) is 6.42 Å². The fourth-order valence-electron chi connectivity index (χ4n) is 1.36. The van der Waals surface area contributed by atoms with Crippen molar-refractivity contribution >= 4 is 40.8 Å². The second-order valence-corrected chi connectivity index (χ2v) is 5.49. The maximum Gasteiger partial charge on any atom is 0.131 e. The van der Waals surface area contributed by atoms with E-state index >= 15 is 0 Å². The van der Waals surface area contributed by atoms with Crippen LogP contribution in [0.25, 0.3) is 0 Å². The van der Waals surface area contributed by atoms with E-state index in [2.05, 4.69) is 9.97 Å². The average Bonchev–Trinajstić information content (AvgIpc) is 2.33. The lowest BCUT2D eigenvalue weighted by Crippen LogP contribution is -1.99. The van der Waals surface area contributed by atoms with Gasteiger partial charge in [0.15, 0.2) is 0 Å². The van der Waals surface area contributed by atoms with E-state index < -0.39 is 0 Å². The topological polar surface area (TPSA) is 51.8 Å². The summed E-state index contributed by atoms with van der Waals surface area (Å²) in [6.45, 7) is 1.99. The highest BCUT2D eigenvalue weighted by Crippen LogP contribution is 2.32. The SMILES string of the molecule is CCc1nc(N)cc(Sc2ccc(Cl)c(Cl)c2)n1. The third kappa shape index (κ3) is 3.28. The normalized spacial score (nSPS) is 10.6. The summed E-state index contributed by atoms with van der Waals surface area (Å²) in [5.74, 6) is 1.21. The zero-order valence-corrected chi connectivity index (χ0v) is 12.0. The summed E-state index contributed by atoms with van der Waals surface area (Å²) in [5.41, 5.74) is 5.73. The lowest BCUT2D eigenvalue weighted by Gasteiger charge is -2.05. The molecule has 3 nitrogen and oxygen atoms in total. The molecule has 0 saturated carbocycles. The summed E-state index contributed by atoms with van der Waals surface area (Å²) >= 11 is 13.3. The average molecular weight is 300 g/mol. The Bertz CT molecular complexity index is 575. The molecule has 0 saturated heterocycles. The van der Waals surface area contributed by atoms with Crippen molar-refractivity contribution in [1.29, 1.82) is 0 Å². The minimum atomic E-state index is 0.476. The second kappa shape index (κ2) is 5.78. The number of halogens is 2. The summed E-state index contributed by atoms with van der Waals surface area (Å²) < 4.78 is 0. The Balaban J connectivity index is 2.27. The third-order valence-electron chi connectivity index (χ3n) is 2.20. The molecule has 6 heteroatoms. The number of anilines is 1. The molecule has 0 bridgehead atoms. The van der Waals surface area contributed by atoms with Crippen LogP contribution in [0.15, 0.2) is 34.2 Å². The smallest absolute Gasteiger partial charge is 0.131 e. The molecule has 0 atom stereocenters. The number of nitrogens with zero attached hydrogens (tertiary/aromatic N) is 2. The van der Waals surface area contributed by atoms with Crippen LogP contribution in [0.5, 0.6) is 0 Å². The molecule has 0 radical (unpaired) electrons. The maximum atomic E-state index is 5.97. The Kier molecular flexibility index (Phi) is 4.32. The van der Waals surface area contributed by atoms with Gasteiger partial charge in [0.05, 0.1) is 10.0 Å². The number of aryl methyl sites for hydroxylation is 1. The molecule has 1 heterocycles. The van der Waals surface area contributed by atoms with Crippen LogP contribution >= 0.6 is 35.0 Å². The van der Waals surface area contributed by atoms with Gasteiger partial charge in [-0.15, -0.1) is 0 Å². The van der Waals surface area contributed by atoms with Gasteiger partial charge in [0.25, 0.3) is 0 Å². The van der Waals surface area contributed by atoms with Crippen LogP contribution in [0.3, 0.4) is 0 Å². The molecule has 0 fully saturated rings.